The van der Waals surface area contributed by atoms with Gasteiger partial charge in [-0.1, -0.05) is 23.8 Å². The van der Waals surface area contributed by atoms with Crippen LogP contribution in [0, 0.1) is 6.92 Å². The van der Waals surface area contributed by atoms with Crippen molar-refractivity contribution in [2.45, 2.75) is 6.92 Å². The molecule has 1 aromatic carbocycles. The Labute approximate surface area is 81.5 Å². The Morgan fingerprint density at radius 2 is 2.14 bits per heavy atom. The number of hydrogen-bond acceptors (Lipinski definition) is 2. The molecule has 0 radical (unpaired) electrons. The monoisotopic (exact) mass is 186 g/mol. The Balaban J connectivity index is 2.55. The molecule has 0 unspecified atom stereocenters. The van der Waals surface area contributed by atoms with Crippen molar-refractivity contribution < 1.29 is 0 Å². The summed E-state index contributed by atoms with van der Waals surface area (Å²) in [5.41, 5.74) is 2.70. The molecule has 0 atom stereocenters. The standard InChI is InChI=1S/C11H10N2O/c1-8-3-2-4-9(5-8)10-6-11(14)13-7-12-10/h2-7H,1H3,(H,12,13,14). The highest BCUT2D eigenvalue weighted by Gasteiger charge is 1.98. The summed E-state index contributed by atoms with van der Waals surface area (Å²) in [6.07, 6.45) is 1.42. The van der Waals surface area contributed by atoms with Crippen LogP contribution < -0.4 is 5.56 Å². The molecule has 1 heterocycles. The zero-order chi connectivity index (χ0) is 9.97. The lowest BCUT2D eigenvalue weighted by atomic mass is 10.1. The van der Waals surface area contributed by atoms with E-state index in [1.165, 1.54) is 12.4 Å². The molecule has 0 aliphatic carbocycles. The number of benzene rings is 1. The molecule has 0 saturated heterocycles. The number of H-pyrrole nitrogens is 1. The molecule has 1 N–H and O–H groups in total. The summed E-state index contributed by atoms with van der Waals surface area (Å²) in [6.45, 7) is 2.01. The summed E-state index contributed by atoms with van der Waals surface area (Å²) >= 11 is 0. The first-order valence-corrected chi connectivity index (χ1v) is 4.37. The zero-order valence-electron chi connectivity index (χ0n) is 7.82. The van der Waals surface area contributed by atoms with Crippen LogP contribution in [0.15, 0.2) is 41.5 Å². The van der Waals surface area contributed by atoms with Gasteiger partial charge in [0.15, 0.2) is 0 Å². The molecule has 14 heavy (non-hydrogen) atoms. The van der Waals surface area contributed by atoms with Crippen molar-refractivity contribution in [1.82, 2.24) is 9.97 Å². The van der Waals surface area contributed by atoms with Crippen LogP contribution in [0.1, 0.15) is 5.56 Å². The SMILES string of the molecule is Cc1cccc(-c2cc(=O)[nH]cn2)c1. The molecule has 3 nitrogen and oxygen atoms in total. The van der Waals surface area contributed by atoms with E-state index in [2.05, 4.69) is 9.97 Å². The molecule has 0 spiro atoms. The van der Waals surface area contributed by atoms with Crippen molar-refractivity contribution in [1.29, 1.82) is 0 Å². The topological polar surface area (TPSA) is 45.8 Å². The fraction of sp³-hybridized carbons (Fsp3) is 0.0909. The molecule has 0 amide bonds. The van der Waals surface area contributed by atoms with Crippen LogP contribution in [0.2, 0.25) is 0 Å². The number of nitrogens with one attached hydrogen (secondary N) is 1. The number of aromatic amines is 1. The lowest BCUT2D eigenvalue weighted by Gasteiger charge is -2.00. The average molecular weight is 186 g/mol. The van der Waals surface area contributed by atoms with E-state index in [0.29, 0.717) is 5.69 Å². The minimum absolute atomic E-state index is 0.128. The fourth-order valence-corrected chi connectivity index (χ4v) is 1.33. The van der Waals surface area contributed by atoms with Crippen molar-refractivity contribution in [3.8, 4) is 11.3 Å². The number of nitrogens with zero attached hydrogens (tertiary/aromatic N) is 1. The van der Waals surface area contributed by atoms with E-state index < -0.39 is 0 Å². The molecular formula is C11H10N2O. The maximum absolute atomic E-state index is 11.1. The molecular weight excluding hydrogens is 176 g/mol. The molecule has 0 aliphatic heterocycles. The molecule has 70 valence electrons. The van der Waals surface area contributed by atoms with Crippen LogP contribution >= 0.6 is 0 Å². The van der Waals surface area contributed by atoms with E-state index in [9.17, 15) is 4.79 Å². The minimum Gasteiger partial charge on any atom is -0.313 e. The van der Waals surface area contributed by atoms with E-state index >= 15 is 0 Å². The normalized spacial score (nSPS) is 10.1. The molecule has 3 heteroatoms. The summed E-state index contributed by atoms with van der Waals surface area (Å²) in [6, 6.07) is 9.40. The van der Waals surface area contributed by atoms with Gasteiger partial charge in [0.25, 0.3) is 5.56 Å². The average Bonchev–Trinajstić information content (AvgIpc) is 2.18. The van der Waals surface area contributed by atoms with Gasteiger partial charge in [0, 0.05) is 11.6 Å². The number of rotatable bonds is 1. The van der Waals surface area contributed by atoms with Gasteiger partial charge in [0.05, 0.1) is 12.0 Å². The predicted molar refractivity (Wildman–Crippen MR) is 55.0 cm³/mol. The quantitative estimate of drug-likeness (QED) is 0.737. The van der Waals surface area contributed by atoms with Crippen molar-refractivity contribution in [2.24, 2.45) is 0 Å². The fourth-order valence-electron chi connectivity index (χ4n) is 1.33. The van der Waals surface area contributed by atoms with Gasteiger partial charge in [-0.05, 0) is 13.0 Å². The van der Waals surface area contributed by atoms with Gasteiger partial charge in [-0.15, -0.1) is 0 Å². The van der Waals surface area contributed by atoms with E-state index in [4.69, 9.17) is 0 Å². The second-order valence-corrected chi connectivity index (χ2v) is 3.17. The lowest BCUT2D eigenvalue weighted by Crippen LogP contribution is -2.04. The highest BCUT2D eigenvalue weighted by molar-refractivity contribution is 5.59. The Morgan fingerprint density at radius 3 is 2.86 bits per heavy atom. The van der Waals surface area contributed by atoms with E-state index in [1.54, 1.807) is 0 Å². The van der Waals surface area contributed by atoms with Crippen LogP contribution in [0.3, 0.4) is 0 Å². The Kier molecular flexibility index (Phi) is 2.14. The first-order valence-electron chi connectivity index (χ1n) is 4.37. The summed E-state index contributed by atoms with van der Waals surface area (Å²) in [4.78, 5) is 17.6. The maximum atomic E-state index is 11.1. The van der Waals surface area contributed by atoms with Crippen molar-refractivity contribution in [2.75, 3.05) is 0 Å². The van der Waals surface area contributed by atoms with Gasteiger partial charge >= 0.3 is 0 Å². The summed E-state index contributed by atoms with van der Waals surface area (Å²) < 4.78 is 0. The smallest absolute Gasteiger partial charge is 0.251 e. The highest BCUT2D eigenvalue weighted by Crippen LogP contribution is 2.15. The third-order valence-electron chi connectivity index (χ3n) is 1.99. The first kappa shape index (κ1) is 8.69. The molecule has 0 saturated carbocycles. The molecule has 0 bridgehead atoms. The maximum Gasteiger partial charge on any atom is 0.251 e. The van der Waals surface area contributed by atoms with Gasteiger partial charge in [-0.3, -0.25) is 4.79 Å². The van der Waals surface area contributed by atoms with Crippen LogP contribution in [0.4, 0.5) is 0 Å². The van der Waals surface area contributed by atoms with Crippen molar-refractivity contribution >= 4 is 0 Å². The van der Waals surface area contributed by atoms with E-state index in [0.717, 1.165) is 11.1 Å². The number of hydrogen-bond donors (Lipinski definition) is 1. The molecule has 0 fully saturated rings. The summed E-state index contributed by atoms with van der Waals surface area (Å²) in [5.74, 6) is 0. The largest absolute Gasteiger partial charge is 0.313 e. The number of aromatic nitrogens is 2. The highest BCUT2D eigenvalue weighted by atomic mass is 16.1. The number of aryl methyl sites for hydroxylation is 1. The molecule has 1 aromatic heterocycles. The third-order valence-corrected chi connectivity index (χ3v) is 1.99. The van der Waals surface area contributed by atoms with Crippen LogP contribution in [-0.4, -0.2) is 9.97 Å². The van der Waals surface area contributed by atoms with Crippen LogP contribution in [0.25, 0.3) is 11.3 Å². The predicted octanol–water partition coefficient (Wildman–Crippen LogP) is 1.75. The van der Waals surface area contributed by atoms with Gasteiger partial charge < -0.3 is 4.98 Å². The molecule has 2 rings (SSSR count). The second-order valence-electron chi connectivity index (χ2n) is 3.17. The van der Waals surface area contributed by atoms with Crippen LogP contribution in [0.5, 0.6) is 0 Å². The van der Waals surface area contributed by atoms with Crippen molar-refractivity contribution in [3.05, 3.63) is 52.6 Å². The third kappa shape index (κ3) is 1.71. The zero-order valence-corrected chi connectivity index (χ0v) is 7.82. The lowest BCUT2D eigenvalue weighted by molar-refractivity contribution is 1.12. The Hall–Kier alpha value is -1.90. The minimum atomic E-state index is -0.128. The molecule has 2 aromatic rings. The Morgan fingerprint density at radius 1 is 1.29 bits per heavy atom. The van der Waals surface area contributed by atoms with Crippen LogP contribution in [-0.2, 0) is 0 Å². The summed E-state index contributed by atoms with van der Waals surface area (Å²) in [5, 5.41) is 0. The van der Waals surface area contributed by atoms with Gasteiger partial charge in [-0.2, -0.15) is 0 Å². The van der Waals surface area contributed by atoms with Crippen molar-refractivity contribution in [3.63, 3.8) is 0 Å². The second kappa shape index (κ2) is 3.46. The van der Waals surface area contributed by atoms with E-state index in [-0.39, 0.29) is 5.56 Å². The first-order chi connectivity index (χ1) is 6.75. The van der Waals surface area contributed by atoms with Gasteiger partial charge in [-0.25, -0.2) is 4.98 Å². The van der Waals surface area contributed by atoms with Gasteiger partial charge in [0.2, 0.25) is 0 Å². The molecule has 0 aliphatic rings. The Bertz CT molecular complexity index is 502. The summed E-state index contributed by atoms with van der Waals surface area (Å²) in [7, 11) is 0. The van der Waals surface area contributed by atoms with E-state index in [1.807, 2.05) is 31.2 Å². The van der Waals surface area contributed by atoms with Gasteiger partial charge in [0.1, 0.15) is 0 Å².